The molecule has 0 saturated heterocycles. The standard InChI is InChI=1S/C14H15FN2O2/c1-8-11(7-16-17(8)2)14-6-12(18)10-5-9(15)3-4-13(10)19-14/h3-5,7,12,14,18H,6H2,1-2H3. The molecule has 3 rings (SSSR count). The van der Waals surface area contributed by atoms with Crippen LogP contribution in [-0.2, 0) is 7.05 Å². The Morgan fingerprint density at radius 3 is 2.89 bits per heavy atom. The van der Waals surface area contributed by atoms with E-state index in [1.165, 1.54) is 12.1 Å². The highest BCUT2D eigenvalue weighted by atomic mass is 19.1. The van der Waals surface area contributed by atoms with Crippen molar-refractivity contribution >= 4 is 0 Å². The zero-order valence-corrected chi connectivity index (χ0v) is 10.8. The maximum Gasteiger partial charge on any atom is 0.130 e. The minimum atomic E-state index is -0.718. The van der Waals surface area contributed by atoms with Crippen molar-refractivity contribution in [1.82, 2.24) is 9.78 Å². The van der Waals surface area contributed by atoms with Gasteiger partial charge in [0.1, 0.15) is 17.7 Å². The van der Waals surface area contributed by atoms with Crippen molar-refractivity contribution < 1.29 is 14.2 Å². The van der Waals surface area contributed by atoms with Crippen molar-refractivity contribution in [3.8, 4) is 5.75 Å². The molecule has 1 aliphatic rings. The van der Waals surface area contributed by atoms with E-state index in [-0.39, 0.29) is 11.9 Å². The topological polar surface area (TPSA) is 47.3 Å². The zero-order valence-electron chi connectivity index (χ0n) is 10.8. The van der Waals surface area contributed by atoms with Crippen molar-refractivity contribution in [1.29, 1.82) is 0 Å². The largest absolute Gasteiger partial charge is 0.485 e. The SMILES string of the molecule is Cc1c(C2CC(O)c3cc(F)ccc3O2)cnn1C. The fourth-order valence-corrected chi connectivity index (χ4v) is 2.44. The van der Waals surface area contributed by atoms with Gasteiger partial charge in [-0.2, -0.15) is 5.10 Å². The first-order valence-corrected chi connectivity index (χ1v) is 6.19. The van der Waals surface area contributed by atoms with Gasteiger partial charge < -0.3 is 9.84 Å². The first kappa shape index (κ1) is 12.2. The molecule has 100 valence electrons. The fourth-order valence-electron chi connectivity index (χ4n) is 2.44. The third-order valence-electron chi connectivity index (χ3n) is 3.66. The van der Waals surface area contributed by atoms with Crippen molar-refractivity contribution in [2.75, 3.05) is 0 Å². The summed E-state index contributed by atoms with van der Waals surface area (Å²) in [4.78, 5) is 0. The summed E-state index contributed by atoms with van der Waals surface area (Å²) in [5.74, 6) is 0.172. The highest BCUT2D eigenvalue weighted by molar-refractivity contribution is 5.39. The van der Waals surface area contributed by atoms with Gasteiger partial charge in [-0.05, 0) is 25.1 Å². The summed E-state index contributed by atoms with van der Waals surface area (Å²) in [6, 6.07) is 4.22. The molecular weight excluding hydrogens is 247 g/mol. The van der Waals surface area contributed by atoms with Crippen LogP contribution in [0.4, 0.5) is 4.39 Å². The van der Waals surface area contributed by atoms with E-state index in [9.17, 15) is 9.50 Å². The Labute approximate surface area is 110 Å². The van der Waals surface area contributed by atoms with Gasteiger partial charge in [-0.25, -0.2) is 4.39 Å². The quantitative estimate of drug-likeness (QED) is 0.858. The van der Waals surface area contributed by atoms with Crippen LogP contribution in [0.3, 0.4) is 0 Å². The number of hydrogen-bond donors (Lipinski definition) is 1. The van der Waals surface area contributed by atoms with E-state index in [0.29, 0.717) is 17.7 Å². The zero-order chi connectivity index (χ0) is 13.6. The molecule has 0 aliphatic carbocycles. The monoisotopic (exact) mass is 262 g/mol. The molecule has 0 amide bonds. The van der Waals surface area contributed by atoms with Crippen molar-refractivity contribution in [2.24, 2.45) is 7.05 Å². The van der Waals surface area contributed by atoms with Gasteiger partial charge in [0, 0.05) is 30.3 Å². The molecule has 0 radical (unpaired) electrons. The van der Waals surface area contributed by atoms with Gasteiger partial charge >= 0.3 is 0 Å². The first-order valence-electron chi connectivity index (χ1n) is 6.19. The second-order valence-corrected chi connectivity index (χ2v) is 4.85. The van der Waals surface area contributed by atoms with Crippen LogP contribution in [0.5, 0.6) is 5.75 Å². The molecule has 2 atom stereocenters. The first-order chi connectivity index (χ1) is 9.06. The van der Waals surface area contributed by atoms with Crippen LogP contribution in [0.1, 0.15) is 35.4 Å². The molecular formula is C14H15FN2O2. The number of hydrogen-bond acceptors (Lipinski definition) is 3. The molecule has 2 unspecified atom stereocenters. The lowest BCUT2D eigenvalue weighted by atomic mass is 9.95. The van der Waals surface area contributed by atoms with E-state index in [1.807, 2.05) is 14.0 Å². The number of nitrogens with zero attached hydrogens (tertiary/aromatic N) is 2. The Bertz CT molecular complexity index is 624. The van der Waals surface area contributed by atoms with Gasteiger partial charge in [-0.1, -0.05) is 0 Å². The minimum Gasteiger partial charge on any atom is -0.485 e. The van der Waals surface area contributed by atoms with Crippen LogP contribution in [-0.4, -0.2) is 14.9 Å². The number of aliphatic hydroxyl groups is 1. The molecule has 0 fully saturated rings. The van der Waals surface area contributed by atoms with E-state index < -0.39 is 6.10 Å². The van der Waals surface area contributed by atoms with Crippen molar-refractivity contribution in [3.63, 3.8) is 0 Å². The predicted molar refractivity (Wildman–Crippen MR) is 67.3 cm³/mol. The lowest BCUT2D eigenvalue weighted by Crippen LogP contribution is -2.19. The average molecular weight is 262 g/mol. The Hall–Kier alpha value is -1.88. The second kappa shape index (κ2) is 4.35. The third kappa shape index (κ3) is 2.00. The van der Waals surface area contributed by atoms with E-state index in [2.05, 4.69) is 5.10 Å². The van der Waals surface area contributed by atoms with Gasteiger partial charge in [0.2, 0.25) is 0 Å². The minimum absolute atomic E-state index is 0.248. The molecule has 0 saturated carbocycles. The predicted octanol–water partition coefficient (Wildman–Crippen LogP) is 2.42. The van der Waals surface area contributed by atoms with Crippen LogP contribution in [0.15, 0.2) is 24.4 Å². The molecule has 0 bridgehead atoms. The molecule has 1 aromatic heterocycles. The van der Waals surface area contributed by atoms with Crippen LogP contribution in [0, 0.1) is 12.7 Å². The number of ether oxygens (including phenoxy) is 1. The van der Waals surface area contributed by atoms with Crippen LogP contribution in [0.2, 0.25) is 0 Å². The molecule has 19 heavy (non-hydrogen) atoms. The van der Waals surface area contributed by atoms with E-state index >= 15 is 0 Å². The summed E-state index contributed by atoms with van der Waals surface area (Å²) in [5, 5.41) is 14.3. The van der Waals surface area contributed by atoms with Crippen molar-refractivity contribution in [2.45, 2.75) is 25.6 Å². The number of benzene rings is 1. The summed E-state index contributed by atoms with van der Waals surface area (Å²) < 4.78 is 20.8. The maximum absolute atomic E-state index is 13.2. The lowest BCUT2D eigenvalue weighted by molar-refractivity contribution is 0.0650. The summed E-state index contributed by atoms with van der Waals surface area (Å²) in [6.45, 7) is 1.96. The fraction of sp³-hybridized carbons (Fsp3) is 0.357. The van der Waals surface area contributed by atoms with E-state index in [4.69, 9.17) is 4.74 Å². The Morgan fingerprint density at radius 2 is 2.21 bits per heavy atom. The van der Waals surface area contributed by atoms with Crippen LogP contribution < -0.4 is 4.74 Å². The summed E-state index contributed by atoms with van der Waals surface area (Å²) >= 11 is 0. The highest BCUT2D eigenvalue weighted by Crippen LogP contribution is 2.41. The summed E-state index contributed by atoms with van der Waals surface area (Å²) in [5.41, 5.74) is 2.47. The summed E-state index contributed by atoms with van der Waals surface area (Å²) in [6.07, 6.45) is 1.19. The molecule has 2 heterocycles. The Morgan fingerprint density at radius 1 is 1.42 bits per heavy atom. The Balaban J connectivity index is 1.97. The van der Waals surface area contributed by atoms with Gasteiger partial charge in [-0.15, -0.1) is 0 Å². The molecule has 2 aromatic rings. The highest BCUT2D eigenvalue weighted by Gasteiger charge is 2.30. The Kier molecular flexibility index (Phi) is 2.78. The molecule has 1 aromatic carbocycles. The summed E-state index contributed by atoms with van der Waals surface area (Å²) in [7, 11) is 1.86. The molecule has 4 nitrogen and oxygen atoms in total. The van der Waals surface area contributed by atoms with Gasteiger partial charge in [0.15, 0.2) is 0 Å². The smallest absolute Gasteiger partial charge is 0.130 e. The number of aromatic nitrogens is 2. The van der Waals surface area contributed by atoms with Gasteiger partial charge in [-0.3, -0.25) is 4.68 Å². The van der Waals surface area contributed by atoms with Crippen LogP contribution >= 0.6 is 0 Å². The maximum atomic E-state index is 13.2. The number of rotatable bonds is 1. The second-order valence-electron chi connectivity index (χ2n) is 4.85. The van der Waals surface area contributed by atoms with E-state index in [0.717, 1.165) is 11.3 Å². The number of aliphatic hydroxyl groups excluding tert-OH is 1. The average Bonchev–Trinajstić information content (AvgIpc) is 2.71. The lowest BCUT2D eigenvalue weighted by Gasteiger charge is -2.29. The van der Waals surface area contributed by atoms with E-state index in [1.54, 1.807) is 16.9 Å². The van der Waals surface area contributed by atoms with Crippen molar-refractivity contribution in [3.05, 3.63) is 47.0 Å². The molecule has 1 N–H and O–H groups in total. The number of aryl methyl sites for hydroxylation is 1. The normalized spacial score (nSPS) is 21.9. The molecule has 1 aliphatic heterocycles. The third-order valence-corrected chi connectivity index (χ3v) is 3.66. The number of fused-ring (bicyclic) bond motifs is 1. The molecule has 0 spiro atoms. The van der Waals surface area contributed by atoms with Gasteiger partial charge in [0.05, 0.1) is 12.3 Å². The van der Waals surface area contributed by atoms with Crippen LogP contribution in [0.25, 0.3) is 0 Å². The van der Waals surface area contributed by atoms with Gasteiger partial charge in [0.25, 0.3) is 0 Å². The number of halogens is 1. The molecule has 5 heteroatoms.